The van der Waals surface area contributed by atoms with Crippen molar-refractivity contribution < 1.29 is 29.0 Å². The number of phenols is 2. The number of aromatic nitrogens is 3. The van der Waals surface area contributed by atoms with Crippen LogP contribution in [-0.4, -0.2) is 36.2 Å². The minimum absolute atomic E-state index is 0.137. The Balaban J connectivity index is 2.36. The van der Waals surface area contributed by atoms with Gasteiger partial charge in [-0.25, -0.2) is 0 Å². The van der Waals surface area contributed by atoms with E-state index < -0.39 is 33.5 Å². The van der Waals surface area contributed by atoms with Gasteiger partial charge >= 0.3 is 5.69 Å². The molecule has 0 saturated carbocycles. The van der Waals surface area contributed by atoms with Crippen LogP contribution in [0.25, 0.3) is 11.4 Å². The number of nitro groups is 1. The fourth-order valence-corrected chi connectivity index (χ4v) is 2.09. The molecule has 3 aromatic rings. The van der Waals surface area contributed by atoms with E-state index in [1.165, 1.54) is 19.2 Å². The molecule has 0 amide bonds. The molecule has 11 heteroatoms. The molecule has 0 aliphatic carbocycles. The van der Waals surface area contributed by atoms with Crippen molar-refractivity contribution in [2.75, 3.05) is 0 Å². The van der Waals surface area contributed by atoms with Crippen LogP contribution < -0.4 is 0 Å². The summed E-state index contributed by atoms with van der Waals surface area (Å²) in [4.78, 5) is 26.8. The second kappa shape index (κ2) is 5.46. The summed E-state index contributed by atoms with van der Waals surface area (Å²) in [6, 6.07) is 2.12. The number of benzene rings is 1. The van der Waals surface area contributed by atoms with Crippen LogP contribution in [-0.2, 0) is 0 Å². The molecule has 0 saturated heterocycles. The molecule has 0 unspecified atom stereocenters. The van der Waals surface area contributed by atoms with Gasteiger partial charge in [-0.3, -0.25) is 14.9 Å². The lowest BCUT2D eigenvalue weighted by Gasteiger charge is -2.08. The first-order chi connectivity index (χ1) is 11.4. The molecule has 0 bridgehead atoms. The van der Waals surface area contributed by atoms with Gasteiger partial charge in [0.2, 0.25) is 29.0 Å². The van der Waals surface area contributed by atoms with E-state index in [1.807, 2.05) is 0 Å². The van der Waals surface area contributed by atoms with E-state index in [9.17, 15) is 25.1 Å². The number of carbonyl (C=O) groups is 1. The van der Waals surface area contributed by atoms with Crippen molar-refractivity contribution in [2.24, 2.45) is 0 Å². The van der Waals surface area contributed by atoms with Crippen molar-refractivity contribution in [1.82, 2.24) is 15.3 Å². The minimum atomic E-state index is -1.06. The largest absolute Gasteiger partial charge is 0.504 e. The van der Waals surface area contributed by atoms with Gasteiger partial charge in [0.05, 0.1) is 11.1 Å². The van der Waals surface area contributed by atoms with Crippen LogP contribution in [0.1, 0.15) is 22.0 Å². The topological polar surface area (TPSA) is 166 Å². The normalized spacial score (nSPS) is 10.7. The lowest BCUT2D eigenvalue weighted by Crippen LogP contribution is -2.08. The number of nitro benzene ring substituents is 1. The van der Waals surface area contributed by atoms with Crippen molar-refractivity contribution in [1.29, 1.82) is 0 Å². The van der Waals surface area contributed by atoms with Gasteiger partial charge in [-0.2, -0.15) is 4.98 Å². The molecule has 11 nitrogen and oxygen atoms in total. The van der Waals surface area contributed by atoms with Crippen LogP contribution in [0.3, 0.4) is 0 Å². The van der Waals surface area contributed by atoms with E-state index in [0.29, 0.717) is 0 Å². The lowest BCUT2D eigenvalue weighted by molar-refractivity contribution is -0.386. The number of ketones is 1. The number of hydrogen-bond donors (Lipinski definition) is 2. The fourth-order valence-electron chi connectivity index (χ4n) is 2.09. The predicted molar refractivity (Wildman–Crippen MR) is 74.4 cm³/mol. The molecule has 0 radical (unpaired) electrons. The molecule has 0 aliphatic heterocycles. The first-order valence-electron chi connectivity index (χ1n) is 6.39. The summed E-state index contributed by atoms with van der Waals surface area (Å²) < 4.78 is 9.51. The molecular formula is C13H8N4O7. The quantitative estimate of drug-likeness (QED) is 0.310. The summed E-state index contributed by atoms with van der Waals surface area (Å²) in [6.45, 7) is 1.48. The number of phenolic OH excluding ortho intramolecular Hbond substituents is 2. The fraction of sp³-hybridized carbons (Fsp3) is 0.0769. The Kier molecular flexibility index (Phi) is 3.45. The van der Waals surface area contributed by atoms with Crippen molar-refractivity contribution in [2.45, 2.75) is 6.92 Å². The molecule has 2 aromatic heterocycles. The Bertz CT molecular complexity index is 946. The van der Waals surface area contributed by atoms with E-state index in [4.69, 9.17) is 9.05 Å². The van der Waals surface area contributed by atoms with Crippen molar-refractivity contribution in [3.63, 3.8) is 0 Å². The smallest absolute Gasteiger partial charge is 0.326 e. The van der Waals surface area contributed by atoms with Gasteiger partial charge in [-0.15, -0.1) is 0 Å². The lowest BCUT2D eigenvalue weighted by atomic mass is 9.98. The monoisotopic (exact) mass is 332 g/mol. The van der Waals surface area contributed by atoms with Crippen LogP contribution in [0.2, 0.25) is 0 Å². The van der Waals surface area contributed by atoms with Crippen LogP contribution in [0.5, 0.6) is 11.5 Å². The van der Waals surface area contributed by atoms with E-state index in [2.05, 4.69) is 15.3 Å². The number of aromatic hydroxyl groups is 2. The maximum atomic E-state index is 12.6. The van der Waals surface area contributed by atoms with Gasteiger partial charge in [-0.1, -0.05) is 10.3 Å². The van der Waals surface area contributed by atoms with Gasteiger partial charge in [0, 0.05) is 18.6 Å². The van der Waals surface area contributed by atoms with E-state index >= 15 is 0 Å². The maximum absolute atomic E-state index is 12.6. The first-order valence-corrected chi connectivity index (χ1v) is 6.39. The summed E-state index contributed by atoms with van der Waals surface area (Å²) in [5.41, 5.74) is -1.77. The standard InChI is InChI=1S/C13H8N4O7/c1-5-15-13(16-23-5)6-4-7(18)11(19)10(17(21)22)9(6)12(20)8-2-3-14-24-8/h2-4,18-19H,1H3. The third-order valence-electron chi connectivity index (χ3n) is 3.09. The average Bonchev–Trinajstić information content (AvgIpc) is 3.19. The Morgan fingerprint density at radius 1 is 1.33 bits per heavy atom. The molecule has 0 fully saturated rings. The first kappa shape index (κ1) is 15.1. The third kappa shape index (κ3) is 2.33. The van der Waals surface area contributed by atoms with Crippen LogP contribution in [0.4, 0.5) is 5.69 Å². The van der Waals surface area contributed by atoms with Gasteiger partial charge in [0.25, 0.3) is 0 Å². The summed E-state index contributed by atoms with van der Waals surface area (Å²) in [5.74, 6) is -3.15. The van der Waals surface area contributed by atoms with Gasteiger partial charge in [0.15, 0.2) is 5.75 Å². The van der Waals surface area contributed by atoms with Crippen molar-refractivity contribution in [3.05, 3.63) is 45.7 Å². The highest BCUT2D eigenvalue weighted by molar-refractivity contribution is 6.14. The molecule has 0 aliphatic rings. The van der Waals surface area contributed by atoms with Crippen LogP contribution >= 0.6 is 0 Å². The maximum Gasteiger partial charge on any atom is 0.326 e. The summed E-state index contributed by atoms with van der Waals surface area (Å²) in [5, 5.41) is 37.8. The van der Waals surface area contributed by atoms with Crippen molar-refractivity contribution in [3.8, 4) is 22.9 Å². The molecule has 0 atom stereocenters. The molecule has 24 heavy (non-hydrogen) atoms. The van der Waals surface area contributed by atoms with Crippen LogP contribution in [0.15, 0.2) is 27.4 Å². The molecule has 0 spiro atoms. The predicted octanol–water partition coefficient (Wildman–Crippen LogP) is 1.58. The Labute approximate surface area is 132 Å². The molecule has 122 valence electrons. The number of hydrogen-bond acceptors (Lipinski definition) is 10. The highest BCUT2D eigenvalue weighted by atomic mass is 16.6. The third-order valence-corrected chi connectivity index (χ3v) is 3.09. The zero-order valence-electron chi connectivity index (χ0n) is 12.0. The van der Waals surface area contributed by atoms with E-state index in [-0.39, 0.29) is 23.0 Å². The van der Waals surface area contributed by atoms with Crippen molar-refractivity contribution >= 4 is 11.5 Å². The number of carbonyl (C=O) groups excluding carboxylic acids is 1. The van der Waals surface area contributed by atoms with Gasteiger partial charge < -0.3 is 19.3 Å². The zero-order chi connectivity index (χ0) is 17.4. The highest BCUT2D eigenvalue weighted by Gasteiger charge is 2.35. The molecule has 1 aromatic carbocycles. The summed E-state index contributed by atoms with van der Waals surface area (Å²) in [7, 11) is 0. The summed E-state index contributed by atoms with van der Waals surface area (Å²) in [6.07, 6.45) is 1.18. The molecule has 2 N–H and O–H groups in total. The SMILES string of the molecule is Cc1nc(-c2cc(O)c(O)c([N+](=O)[O-])c2C(=O)c2ccno2)no1. The van der Waals surface area contributed by atoms with E-state index in [0.717, 1.165) is 6.07 Å². The average molecular weight is 332 g/mol. The summed E-state index contributed by atoms with van der Waals surface area (Å²) >= 11 is 0. The Morgan fingerprint density at radius 2 is 2.08 bits per heavy atom. The zero-order valence-corrected chi connectivity index (χ0v) is 12.0. The van der Waals surface area contributed by atoms with E-state index in [1.54, 1.807) is 0 Å². The minimum Gasteiger partial charge on any atom is -0.504 e. The number of nitrogens with zero attached hydrogens (tertiary/aromatic N) is 4. The van der Waals surface area contributed by atoms with Gasteiger partial charge in [-0.05, 0) is 6.07 Å². The second-order valence-electron chi connectivity index (χ2n) is 4.62. The molecule has 2 heterocycles. The number of rotatable bonds is 4. The van der Waals surface area contributed by atoms with Gasteiger partial charge in [0.1, 0.15) is 5.56 Å². The number of aryl methyl sites for hydroxylation is 1. The Morgan fingerprint density at radius 3 is 2.62 bits per heavy atom. The molecular weight excluding hydrogens is 324 g/mol. The highest BCUT2D eigenvalue weighted by Crippen LogP contribution is 2.43. The molecule has 3 rings (SSSR count). The van der Waals surface area contributed by atoms with Crippen LogP contribution in [0, 0.1) is 17.0 Å². The Hall–Kier alpha value is -3.76. The second-order valence-corrected chi connectivity index (χ2v) is 4.62.